The van der Waals surface area contributed by atoms with Crippen LogP contribution in [-0.2, 0) is 4.74 Å². The maximum atomic E-state index is 12.4. The fourth-order valence-corrected chi connectivity index (χ4v) is 2.80. The van der Waals surface area contributed by atoms with Gasteiger partial charge in [-0.3, -0.25) is 14.8 Å². The van der Waals surface area contributed by atoms with Gasteiger partial charge >= 0.3 is 0 Å². The minimum absolute atomic E-state index is 0.106. The summed E-state index contributed by atoms with van der Waals surface area (Å²) in [5.74, 6) is -0.140. The minimum Gasteiger partial charge on any atom is -0.379 e. The number of para-hydroxylation sites is 1. The van der Waals surface area contributed by atoms with E-state index in [4.69, 9.17) is 4.74 Å². The molecule has 2 N–H and O–H groups in total. The Hall–Kier alpha value is -1.92. The van der Waals surface area contributed by atoms with Crippen LogP contribution in [0.15, 0.2) is 24.3 Å². The van der Waals surface area contributed by atoms with Crippen molar-refractivity contribution in [3.8, 4) is 0 Å². The smallest absolute Gasteiger partial charge is 0.272 e. The zero-order chi connectivity index (χ0) is 15.6. The van der Waals surface area contributed by atoms with Gasteiger partial charge in [0, 0.05) is 30.6 Å². The van der Waals surface area contributed by atoms with Crippen LogP contribution in [0.25, 0.3) is 10.9 Å². The molecule has 1 aliphatic rings. The number of carbonyl (C=O) groups is 1. The number of morpholine rings is 1. The molecule has 0 atom stereocenters. The third-order valence-corrected chi connectivity index (χ3v) is 4.23. The van der Waals surface area contributed by atoms with Crippen LogP contribution in [0.2, 0.25) is 0 Å². The van der Waals surface area contributed by atoms with E-state index in [-0.39, 0.29) is 11.4 Å². The second-order valence-corrected chi connectivity index (χ2v) is 6.21. The van der Waals surface area contributed by atoms with Gasteiger partial charge in [0.05, 0.1) is 18.7 Å². The van der Waals surface area contributed by atoms with E-state index < -0.39 is 0 Å². The van der Waals surface area contributed by atoms with E-state index in [1.54, 1.807) is 0 Å². The number of hydrogen-bond donors (Lipinski definition) is 2. The van der Waals surface area contributed by atoms with E-state index in [2.05, 4.69) is 34.3 Å². The van der Waals surface area contributed by atoms with Gasteiger partial charge in [-0.25, -0.2) is 0 Å². The van der Waals surface area contributed by atoms with Crippen molar-refractivity contribution < 1.29 is 9.53 Å². The predicted octanol–water partition coefficient (Wildman–Crippen LogP) is 1.40. The third kappa shape index (κ3) is 2.98. The van der Waals surface area contributed by atoms with Crippen LogP contribution >= 0.6 is 0 Å². The lowest BCUT2D eigenvalue weighted by molar-refractivity contribution is -0.00924. The Morgan fingerprint density at radius 3 is 2.86 bits per heavy atom. The van der Waals surface area contributed by atoms with E-state index in [0.29, 0.717) is 12.2 Å². The number of ether oxygens (including phenoxy) is 1. The fraction of sp³-hybridized carbons (Fsp3) is 0.500. The number of nitrogens with zero attached hydrogens (tertiary/aromatic N) is 2. The molecule has 3 rings (SSSR count). The molecule has 6 nitrogen and oxygen atoms in total. The van der Waals surface area contributed by atoms with Crippen molar-refractivity contribution >= 4 is 16.8 Å². The summed E-state index contributed by atoms with van der Waals surface area (Å²) in [6.45, 7) is 8.15. The molecule has 1 saturated heterocycles. The van der Waals surface area contributed by atoms with Crippen LogP contribution in [0, 0.1) is 0 Å². The number of hydrogen-bond acceptors (Lipinski definition) is 4. The molecule has 1 aliphatic heterocycles. The molecule has 0 saturated carbocycles. The quantitative estimate of drug-likeness (QED) is 0.896. The summed E-state index contributed by atoms with van der Waals surface area (Å²) in [4.78, 5) is 14.8. The largest absolute Gasteiger partial charge is 0.379 e. The Morgan fingerprint density at radius 2 is 2.09 bits per heavy atom. The highest BCUT2D eigenvalue weighted by Gasteiger charge is 2.29. The number of fused-ring (bicyclic) bond motifs is 1. The highest BCUT2D eigenvalue weighted by atomic mass is 16.5. The van der Waals surface area contributed by atoms with Gasteiger partial charge in [0.15, 0.2) is 5.69 Å². The third-order valence-electron chi connectivity index (χ3n) is 4.23. The van der Waals surface area contributed by atoms with Crippen molar-refractivity contribution in [2.45, 2.75) is 19.4 Å². The van der Waals surface area contributed by atoms with Crippen LogP contribution in [0.4, 0.5) is 0 Å². The number of nitrogens with one attached hydrogen (secondary N) is 2. The first-order valence-corrected chi connectivity index (χ1v) is 7.62. The molecule has 2 aromatic rings. The highest BCUT2D eigenvalue weighted by Crippen LogP contribution is 2.17. The van der Waals surface area contributed by atoms with Crippen LogP contribution in [0.3, 0.4) is 0 Å². The fourth-order valence-electron chi connectivity index (χ4n) is 2.80. The lowest BCUT2D eigenvalue weighted by Gasteiger charge is -2.40. The maximum absolute atomic E-state index is 12.4. The first-order valence-electron chi connectivity index (χ1n) is 7.62. The Kier molecular flexibility index (Phi) is 4.13. The van der Waals surface area contributed by atoms with Gasteiger partial charge in [0.1, 0.15) is 0 Å². The van der Waals surface area contributed by atoms with E-state index in [0.717, 1.165) is 37.2 Å². The van der Waals surface area contributed by atoms with Crippen molar-refractivity contribution in [3.63, 3.8) is 0 Å². The van der Waals surface area contributed by atoms with Gasteiger partial charge in [0.2, 0.25) is 0 Å². The summed E-state index contributed by atoms with van der Waals surface area (Å²) < 4.78 is 5.38. The number of aromatic nitrogens is 2. The van der Waals surface area contributed by atoms with Crippen molar-refractivity contribution in [1.29, 1.82) is 0 Å². The van der Waals surface area contributed by atoms with Gasteiger partial charge in [-0.1, -0.05) is 18.2 Å². The van der Waals surface area contributed by atoms with Gasteiger partial charge < -0.3 is 10.1 Å². The standard InChI is InChI=1S/C16H22N4O2/c1-16(2,20-7-9-22-10-8-20)11-17-15(21)14-12-5-3-4-6-13(12)18-19-14/h3-6H,7-11H2,1-2H3,(H,17,21)(H,18,19). The van der Waals surface area contributed by atoms with Crippen molar-refractivity contribution in [1.82, 2.24) is 20.4 Å². The molecule has 1 aromatic heterocycles. The number of aromatic amines is 1. The molecule has 1 aromatic carbocycles. The number of benzene rings is 1. The highest BCUT2D eigenvalue weighted by molar-refractivity contribution is 6.04. The van der Waals surface area contributed by atoms with Crippen LogP contribution in [0.1, 0.15) is 24.3 Å². The average molecular weight is 302 g/mol. The summed E-state index contributed by atoms with van der Waals surface area (Å²) in [5, 5.41) is 10.9. The van der Waals surface area contributed by atoms with Crippen molar-refractivity contribution in [2.75, 3.05) is 32.8 Å². The number of amides is 1. The SMILES string of the molecule is CC(C)(CNC(=O)c1n[nH]c2ccccc12)N1CCOCC1. The molecule has 1 fully saturated rings. The first kappa shape index (κ1) is 15.0. The van der Waals surface area contributed by atoms with Crippen molar-refractivity contribution in [3.05, 3.63) is 30.0 Å². The molecule has 0 spiro atoms. The van der Waals surface area contributed by atoms with E-state index in [9.17, 15) is 4.79 Å². The summed E-state index contributed by atoms with van der Waals surface area (Å²) in [6, 6.07) is 7.65. The van der Waals surface area contributed by atoms with E-state index in [1.165, 1.54) is 0 Å². The summed E-state index contributed by atoms with van der Waals surface area (Å²) in [7, 11) is 0. The minimum atomic E-state index is -0.140. The lowest BCUT2D eigenvalue weighted by atomic mass is 10.0. The number of H-pyrrole nitrogens is 1. The summed E-state index contributed by atoms with van der Waals surface area (Å²) in [6.07, 6.45) is 0. The summed E-state index contributed by atoms with van der Waals surface area (Å²) >= 11 is 0. The zero-order valence-electron chi connectivity index (χ0n) is 13.1. The molecule has 22 heavy (non-hydrogen) atoms. The molecule has 0 bridgehead atoms. The van der Waals surface area contributed by atoms with Crippen LogP contribution in [0.5, 0.6) is 0 Å². The van der Waals surface area contributed by atoms with E-state index >= 15 is 0 Å². The van der Waals surface area contributed by atoms with Gasteiger partial charge in [-0.2, -0.15) is 5.10 Å². The Bertz CT molecular complexity index is 659. The molecule has 1 amide bonds. The zero-order valence-corrected chi connectivity index (χ0v) is 13.1. The van der Waals surface area contributed by atoms with Gasteiger partial charge in [-0.05, 0) is 19.9 Å². The number of rotatable bonds is 4. The van der Waals surface area contributed by atoms with Gasteiger partial charge in [-0.15, -0.1) is 0 Å². The predicted molar refractivity (Wildman–Crippen MR) is 84.9 cm³/mol. The second kappa shape index (κ2) is 6.06. The van der Waals surface area contributed by atoms with Crippen molar-refractivity contribution in [2.24, 2.45) is 0 Å². The van der Waals surface area contributed by atoms with E-state index in [1.807, 2.05) is 24.3 Å². The van der Waals surface area contributed by atoms with Crippen LogP contribution in [-0.4, -0.2) is 59.4 Å². The molecule has 0 unspecified atom stereocenters. The van der Waals surface area contributed by atoms with Crippen LogP contribution < -0.4 is 5.32 Å². The van der Waals surface area contributed by atoms with Gasteiger partial charge in [0.25, 0.3) is 5.91 Å². The normalized spacial score (nSPS) is 16.8. The monoisotopic (exact) mass is 302 g/mol. The Balaban J connectivity index is 1.66. The maximum Gasteiger partial charge on any atom is 0.272 e. The number of carbonyl (C=O) groups excluding carboxylic acids is 1. The summed E-state index contributed by atoms with van der Waals surface area (Å²) in [5.41, 5.74) is 1.22. The molecular formula is C16H22N4O2. The molecule has 0 radical (unpaired) electrons. The molecule has 118 valence electrons. The topological polar surface area (TPSA) is 70.2 Å². The molecular weight excluding hydrogens is 280 g/mol. The average Bonchev–Trinajstić information content (AvgIpc) is 2.98. The molecule has 0 aliphatic carbocycles. The lowest BCUT2D eigenvalue weighted by Crippen LogP contribution is -2.55. The Morgan fingerprint density at radius 1 is 1.36 bits per heavy atom. The molecule has 2 heterocycles. The second-order valence-electron chi connectivity index (χ2n) is 6.21. The molecule has 6 heteroatoms. The Labute approximate surface area is 129 Å². The first-order chi connectivity index (χ1) is 10.6.